The Hall–Kier alpha value is -1.66. The number of aromatic nitrogens is 2. The molecule has 0 radical (unpaired) electrons. The molecule has 1 aromatic heterocycles. The Bertz CT molecular complexity index is 486. The lowest BCUT2D eigenvalue weighted by atomic mass is 9.79. The molecule has 0 aliphatic carbocycles. The van der Waals surface area contributed by atoms with Crippen LogP contribution in [0.25, 0.3) is 11.4 Å². The Morgan fingerprint density at radius 1 is 1.40 bits per heavy atom. The van der Waals surface area contributed by atoms with E-state index in [1.54, 1.807) is 0 Å². The van der Waals surface area contributed by atoms with Gasteiger partial charge in [-0.3, -0.25) is 0 Å². The fourth-order valence-corrected chi connectivity index (χ4v) is 1.65. The second-order valence-electron chi connectivity index (χ2n) is 3.33. The molecule has 0 unspecified atom stereocenters. The van der Waals surface area contributed by atoms with Gasteiger partial charge in [0.25, 0.3) is 0 Å². The van der Waals surface area contributed by atoms with Gasteiger partial charge in [0.2, 0.25) is 12.2 Å². The molecule has 74 valence electrons. The van der Waals surface area contributed by atoms with Gasteiger partial charge in [0.15, 0.2) is 0 Å². The maximum Gasteiger partial charge on any atom is 0.491 e. The van der Waals surface area contributed by atoms with Gasteiger partial charge >= 0.3 is 7.12 Å². The molecule has 0 fully saturated rings. The summed E-state index contributed by atoms with van der Waals surface area (Å²) < 4.78 is 9.75. The van der Waals surface area contributed by atoms with E-state index in [4.69, 9.17) is 4.65 Å². The molecule has 2 aromatic rings. The average Bonchev–Trinajstić information content (AvgIpc) is 2.88. The zero-order valence-corrected chi connectivity index (χ0v) is 7.75. The maximum atomic E-state index is 9.52. The number of nitrogens with zero attached hydrogens (tertiary/aromatic N) is 2. The molecule has 5 nitrogen and oxygen atoms in total. The number of hydrogen-bond donors (Lipinski definition) is 1. The Kier molecular flexibility index (Phi) is 1.83. The van der Waals surface area contributed by atoms with Crippen LogP contribution in [-0.4, -0.2) is 22.3 Å². The van der Waals surface area contributed by atoms with Gasteiger partial charge in [-0.25, -0.2) is 0 Å². The van der Waals surface area contributed by atoms with Crippen LogP contribution in [-0.2, 0) is 11.3 Å². The van der Waals surface area contributed by atoms with Gasteiger partial charge in [0.1, 0.15) is 0 Å². The predicted molar refractivity (Wildman–Crippen MR) is 52.1 cm³/mol. The van der Waals surface area contributed by atoms with Crippen LogP contribution in [0.5, 0.6) is 0 Å². The summed E-state index contributed by atoms with van der Waals surface area (Å²) in [4.78, 5) is 3.94. The molecule has 0 saturated heterocycles. The third-order valence-corrected chi connectivity index (χ3v) is 2.43. The second kappa shape index (κ2) is 3.18. The van der Waals surface area contributed by atoms with Gasteiger partial charge < -0.3 is 14.2 Å². The Morgan fingerprint density at radius 3 is 3.13 bits per heavy atom. The molecule has 0 amide bonds. The third kappa shape index (κ3) is 1.34. The predicted octanol–water partition coefficient (Wildman–Crippen LogP) is -0.0457. The van der Waals surface area contributed by atoms with E-state index in [0.29, 0.717) is 12.4 Å². The highest BCUT2D eigenvalue weighted by Gasteiger charge is 2.27. The van der Waals surface area contributed by atoms with E-state index in [2.05, 4.69) is 14.7 Å². The largest absolute Gasteiger partial charge is 0.491 e. The van der Waals surface area contributed by atoms with E-state index in [1.807, 2.05) is 18.2 Å². The van der Waals surface area contributed by atoms with Crippen LogP contribution < -0.4 is 5.46 Å². The highest BCUT2D eigenvalue weighted by molar-refractivity contribution is 6.61. The van der Waals surface area contributed by atoms with Crippen molar-refractivity contribution in [3.8, 4) is 11.4 Å². The molecule has 15 heavy (non-hydrogen) atoms. The molecule has 1 aliphatic rings. The maximum absolute atomic E-state index is 9.52. The summed E-state index contributed by atoms with van der Waals surface area (Å²) >= 11 is 0. The number of benzene rings is 1. The van der Waals surface area contributed by atoms with Gasteiger partial charge in [-0.1, -0.05) is 23.4 Å². The second-order valence-corrected chi connectivity index (χ2v) is 3.33. The van der Waals surface area contributed by atoms with Crippen LogP contribution in [0.2, 0.25) is 0 Å². The highest BCUT2D eigenvalue weighted by atomic mass is 16.5. The molecule has 1 aliphatic heterocycles. The van der Waals surface area contributed by atoms with Crippen molar-refractivity contribution in [2.45, 2.75) is 6.61 Å². The van der Waals surface area contributed by atoms with Crippen molar-refractivity contribution >= 4 is 12.6 Å². The Morgan fingerprint density at radius 2 is 2.33 bits per heavy atom. The van der Waals surface area contributed by atoms with Crippen LogP contribution in [0.3, 0.4) is 0 Å². The van der Waals surface area contributed by atoms with Crippen LogP contribution in [0.4, 0.5) is 0 Å². The van der Waals surface area contributed by atoms with Crippen LogP contribution in [0, 0.1) is 0 Å². The van der Waals surface area contributed by atoms with Crippen molar-refractivity contribution in [3.63, 3.8) is 0 Å². The zero-order chi connectivity index (χ0) is 10.3. The highest BCUT2D eigenvalue weighted by Crippen LogP contribution is 2.17. The molecule has 1 aromatic carbocycles. The normalized spacial score (nSPS) is 14.3. The lowest BCUT2D eigenvalue weighted by Gasteiger charge is -1.99. The minimum Gasteiger partial charge on any atom is -0.423 e. The molecule has 0 saturated carbocycles. The van der Waals surface area contributed by atoms with Gasteiger partial charge in [0, 0.05) is 5.56 Å². The summed E-state index contributed by atoms with van der Waals surface area (Å²) in [7, 11) is -0.841. The zero-order valence-electron chi connectivity index (χ0n) is 7.75. The van der Waals surface area contributed by atoms with E-state index in [0.717, 1.165) is 16.6 Å². The van der Waals surface area contributed by atoms with E-state index in [1.165, 1.54) is 6.39 Å². The molecule has 1 N–H and O–H groups in total. The lowest BCUT2D eigenvalue weighted by Crippen LogP contribution is -2.28. The number of fused-ring (bicyclic) bond motifs is 1. The summed E-state index contributed by atoms with van der Waals surface area (Å²) in [5.74, 6) is 0.511. The van der Waals surface area contributed by atoms with Gasteiger partial charge in [-0.05, 0) is 11.0 Å². The van der Waals surface area contributed by atoms with Gasteiger partial charge in [-0.15, -0.1) is 0 Å². The SMILES string of the molecule is OB1OCc2ccc(-c3ncon3)cc21. The molecule has 6 heteroatoms. The molecule has 3 rings (SSSR count). The molecular formula is C9H7BN2O3. The van der Waals surface area contributed by atoms with Crippen molar-refractivity contribution in [3.05, 3.63) is 30.2 Å². The van der Waals surface area contributed by atoms with Crippen molar-refractivity contribution in [2.24, 2.45) is 0 Å². The average molecular weight is 202 g/mol. The molecule has 0 spiro atoms. The smallest absolute Gasteiger partial charge is 0.423 e. The minimum absolute atomic E-state index is 0.447. The monoisotopic (exact) mass is 202 g/mol. The van der Waals surface area contributed by atoms with Crippen LogP contribution in [0.15, 0.2) is 29.1 Å². The quantitative estimate of drug-likeness (QED) is 0.656. The summed E-state index contributed by atoms with van der Waals surface area (Å²) in [5.41, 5.74) is 2.58. The van der Waals surface area contributed by atoms with Crippen LogP contribution in [0.1, 0.15) is 5.56 Å². The van der Waals surface area contributed by atoms with Crippen molar-refractivity contribution in [1.29, 1.82) is 0 Å². The summed E-state index contributed by atoms with van der Waals surface area (Å²) in [6.07, 6.45) is 1.27. The number of rotatable bonds is 1. The third-order valence-electron chi connectivity index (χ3n) is 2.43. The standard InChI is InChI=1S/C9H7BN2O3/c13-10-8-3-6(9-11-5-15-12-9)1-2-7(8)4-14-10/h1-3,5,13H,4H2. The first-order chi connectivity index (χ1) is 7.34. The van der Waals surface area contributed by atoms with Gasteiger partial charge in [-0.2, -0.15) is 4.98 Å². The van der Waals surface area contributed by atoms with Crippen molar-refractivity contribution in [2.75, 3.05) is 0 Å². The van der Waals surface area contributed by atoms with E-state index in [-0.39, 0.29) is 0 Å². The van der Waals surface area contributed by atoms with Gasteiger partial charge in [0.05, 0.1) is 6.61 Å². The summed E-state index contributed by atoms with van der Waals surface area (Å²) in [6, 6.07) is 5.60. The first kappa shape index (κ1) is 8.64. The van der Waals surface area contributed by atoms with Crippen LogP contribution >= 0.6 is 0 Å². The van der Waals surface area contributed by atoms with E-state index < -0.39 is 7.12 Å². The fourth-order valence-electron chi connectivity index (χ4n) is 1.65. The Labute approximate surface area is 85.8 Å². The van der Waals surface area contributed by atoms with E-state index in [9.17, 15) is 5.02 Å². The molecule has 0 atom stereocenters. The van der Waals surface area contributed by atoms with Crippen molar-refractivity contribution < 1.29 is 14.2 Å². The summed E-state index contributed by atoms with van der Waals surface area (Å²) in [6.45, 7) is 0.447. The van der Waals surface area contributed by atoms with Crippen molar-refractivity contribution in [1.82, 2.24) is 10.1 Å². The molecular weight excluding hydrogens is 195 g/mol. The minimum atomic E-state index is -0.841. The summed E-state index contributed by atoms with van der Waals surface area (Å²) in [5, 5.41) is 13.2. The molecule has 2 heterocycles. The Balaban J connectivity index is 2.09. The lowest BCUT2D eigenvalue weighted by molar-refractivity contribution is 0.275. The number of hydrogen-bond acceptors (Lipinski definition) is 5. The molecule has 0 bridgehead atoms. The first-order valence-corrected chi connectivity index (χ1v) is 4.54. The topological polar surface area (TPSA) is 68.4 Å². The first-order valence-electron chi connectivity index (χ1n) is 4.54. The van der Waals surface area contributed by atoms with E-state index >= 15 is 0 Å². The fraction of sp³-hybridized carbons (Fsp3) is 0.111.